The zero-order chi connectivity index (χ0) is 20.3. The molecule has 4 rings (SSSR count). The molecule has 0 aromatic heterocycles. The number of carbonyl (C=O) groups is 1. The Morgan fingerprint density at radius 1 is 1.10 bits per heavy atom. The highest BCUT2D eigenvalue weighted by molar-refractivity contribution is 6.30. The number of likely N-dealkylation sites (tertiary alicyclic amines) is 1. The van der Waals surface area contributed by atoms with Gasteiger partial charge in [-0.2, -0.15) is 0 Å². The fourth-order valence-electron chi connectivity index (χ4n) is 4.50. The van der Waals surface area contributed by atoms with E-state index in [-0.39, 0.29) is 11.3 Å². The van der Waals surface area contributed by atoms with E-state index in [2.05, 4.69) is 0 Å². The maximum atomic E-state index is 13.5. The highest BCUT2D eigenvalue weighted by Crippen LogP contribution is 2.46. The average Bonchev–Trinajstić information content (AvgIpc) is 2.73. The van der Waals surface area contributed by atoms with E-state index >= 15 is 0 Å². The molecule has 1 aliphatic heterocycles. The van der Waals surface area contributed by atoms with Crippen molar-refractivity contribution in [3.63, 3.8) is 0 Å². The van der Waals surface area contributed by atoms with Crippen molar-refractivity contribution in [3.8, 4) is 5.75 Å². The lowest BCUT2D eigenvalue weighted by molar-refractivity contribution is -0.143. The molecule has 0 N–H and O–H groups in total. The SMILES string of the molecule is O=C(N1CCC[C@@H](COc2ccc(CF)cc2)C1)C1(c2ccc(Cl)cc2)CCC1. The first-order chi connectivity index (χ1) is 14.1. The molecule has 1 heterocycles. The van der Waals surface area contributed by atoms with Crippen molar-refractivity contribution in [1.29, 1.82) is 0 Å². The van der Waals surface area contributed by atoms with Crippen molar-refractivity contribution >= 4 is 17.5 Å². The summed E-state index contributed by atoms with van der Waals surface area (Å²) in [6.07, 6.45) is 4.96. The molecule has 2 fully saturated rings. The third-order valence-electron chi connectivity index (χ3n) is 6.38. The van der Waals surface area contributed by atoms with Crippen molar-refractivity contribution < 1.29 is 13.9 Å². The standard InChI is InChI=1S/C24H27ClFNO2/c25-21-8-6-20(7-9-21)24(12-2-13-24)23(28)27-14-1-3-19(16-27)17-29-22-10-4-18(15-26)5-11-22/h4-11,19H,1-3,12-17H2/t19-/m1/s1. The van der Waals surface area contributed by atoms with E-state index in [4.69, 9.17) is 16.3 Å². The number of carbonyl (C=O) groups excluding carboxylic acids is 1. The Kier molecular flexibility index (Phi) is 6.09. The Morgan fingerprint density at radius 3 is 2.45 bits per heavy atom. The molecule has 1 amide bonds. The van der Waals surface area contributed by atoms with E-state index in [1.807, 2.05) is 41.3 Å². The number of hydrogen-bond acceptors (Lipinski definition) is 2. The van der Waals surface area contributed by atoms with Crippen LogP contribution in [-0.4, -0.2) is 30.5 Å². The fourth-order valence-corrected chi connectivity index (χ4v) is 4.63. The number of piperidine rings is 1. The van der Waals surface area contributed by atoms with Crippen molar-refractivity contribution in [2.24, 2.45) is 5.92 Å². The quantitative estimate of drug-likeness (QED) is 0.619. The van der Waals surface area contributed by atoms with Crippen molar-refractivity contribution in [3.05, 3.63) is 64.7 Å². The van der Waals surface area contributed by atoms with Crippen LogP contribution in [0.1, 0.15) is 43.2 Å². The Labute approximate surface area is 176 Å². The lowest BCUT2D eigenvalue weighted by Crippen LogP contribution is -2.54. The van der Waals surface area contributed by atoms with E-state index in [0.717, 1.165) is 56.5 Å². The van der Waals surface area contributed by atoms with Gasteiger partial charge in [0.2, 0.25) is 5.91 Å². The second kappa shape index (κ2) is 8.74. The number of benzene rings is 2. The summed E-state index contributed by atoms with van der Waals surface area (Å²) in [5, 5.41) is 0.699. The molecule has 1 saturated heterocycles. The number of rotatable bonds is 6. The molecule has 1 saturated carbocycles. The molecular weight excluding hydrogens is 389 g/mol. The van der Waals surface area contributed by atoms with Crippen LogP contribution in [0.25, 0.3) is 0 Å². The van der Waals surface area contributed by atoms with Crippen LogP contribution in [0.4, 0.5) is 4.39 Å². The molecular formula is C24H27ClFNO2. The van der Waals surface area contributed by atoms with Gasteiger partial charge in [0.15, 0.2) is 0 Å². The predicted octanol–water partition coefficient (Wildman–Crippen LogP) is 5.55. The Bertz CT molecular complexity index is 833. The van der Waals surface area contributed by atoms with Gasteiger partial charge in [0.1, 0.15) is 12.4 Å². The van der Waals surface area contributed by atoms with E-state index < -0.39 is 6.67 Å². The van der Waals surface area contributed by atoms with Crippen LogP contribution in [0.15, 0.2) is 48.5 Å². The number of amides is 1. The molecule has 3 nitrogen and oxygen atoms in total. The number of hydrogen-bond donors (Lipinski definition) is 0. The first kappa shape index (κ1) is 20.2. The number of halogens is 2. The molecule has 2 aliphatic rings. The second-order valence-corrected chi connectivity index (χ2v) is 8.73. The van der Waals surface area contributed by atoms with Gasteiger partial charge in [0.05, 0.1) is 12.0 Å². The van der Waals surface area contributed by atoms with Crippen LogP contribution in [0.5, 0.6) is 5.75 Å². The molecule has 154 valence electrons. The Balaban J connectivity index is 1.39. The summed E-state index contributed by atoms with van der Waals surface area (Å²) in [6, 6.07) is 14.9. The average molecular weight is 416 g/mol. The maximum Gasteiger partial charge on any atom is 0.233 e. The van der Waals surface area contributed by atoms with Crippen molar-refractivity contribution in [2.45, 2.75) is 44.2 Å². The minimum atomic E-state index is -0.463. The topological polar surface area (TPSA) is 29.5 Å². The zero-order valence-electron chi connectivity index (χ0n) is 16.6. The number of nitrogens with zero attached hydrogens (tertiary/aromatic N) is 1. The monoisotopic (exact) mass is 415 g/mol. The van der Waals surface area contributed by atoms with Crippen molar-refractivity contribution in [1.82, 2.24) is 4.90 Å². The molecule has 2 aromatic carbocycles. The molecule has 0 radical (unpaired) electrons. The fraction of sp³-hybridized carbons (Fsp3) is 0.458. The van der Waals surface area contributed by atoms with Gasteiger partial charge in [-0.1, -0.05) is 42.3 Å². The van der Waals surface area contributed by atoms with Crippen LogP contribution in [0.2, 0.25) is 5.02 Å². The van der Waals surface area contributed by atoms with Gasteiger partial charge in [-0.15, -0.1) is 0 Å². The van der Waals surface area contributed by atoms with Gasteiger partial charge in [0.25, 0.3) is 0 Å². The summed E-state index contributed by atoms with van der Waals surface area (Å²) in [5.41, 5.74) is 1.36. The van der Waals surface area contributed by atoms with Crippen LogP contribution in [0.3, 0.4) is 0 Å². The van der Waals surface area contributed by atoms with Gasteiger partial charge in [-0.3, -0.25) is 4.79 Å². The lowest BCUT2D eigenvalue weighted by Gasteiger charge is -2.46. The van der Waals surface area contributed by atoms with Crippen LogP contribution < -0.4 is 4.74 Å². The molecule has 5 heteroatoms. The minimum Gasteiger partial charge on any atom is -0.493 e. The van der Waals surface area contributed by atoms with Gasteiger partial charge < -0.3 is 9.64 Å². The maximum absolute atomic E-state index is 13.5. The number of alkyl halides is 1. The number of ether oxygens (including phenoxy) is 1. The summed E-state index contributed by atoms with van der Waals surface area (Å²) in [6.45, 7) is 1.66. The van der Waals surface area contributed by atoms with Gasteiger partial charge in [-0.25, -0.2) is 4.39 Å². The summed E-state index contributed by atoms with van der Waals surface area (Å²) in [5.74, 6) is 1.32. The predicted molar refractivity (Wildman–Crippen MR) is 113 cm³/mol. The van der Waals surface area contributed by atoms with Crippen LogP contribution in [-0.2, 0) is 16.9 Å². The lowest BCUT2D eigenvalue weighted by atomic mass is 9.63. The minimum absolute atomic E-state index is 0.253. The summed E-state index contributed by atoms with van der Waals surface area (Å²) in [4.78, 5) is 15.5. The van der Waals surface area contributed by atoms with Gasteiger partial charge >= 0.3 is 0 Å². The van der Waals surface area contributed by atoms with E-state index in [9.17, 15) is 9.18 Å². The molecule has 0 unspecified atom stereocenters. The Hall–Kier alpha value is -2.07. The highest BCUT2D eigenvalue weighted by atomic mass is 35.5. The van der Waals surface area contributed by atoms with E-state index in [1.54, 1.807) is 12.1 Å². The Morgan fingerprint density at radius 2 is 1.83 bits per heavy atom. The third kappa shape index (κ3) is 4.28. The van der Waals surface area contributed by atoms with Crippen LogP contribution >= 0.6 is 11.6 Å². The normalized spacial score (nSPS) is 20.8. The molecule has 0 spiro atoms. The molecule has 1 atom stereocenters. The van der Waals surface area contributed by atoms with Gasteiger partial charge in [-0.05, 0) is 61.1 Å². The van der Waals surface area contributed by atoms with Gasteiger partial charge in [0, 0.05) is 24.0 Å². The summed E-state index contributed by atoms with van der Waals surface area (Å²) in [7, 11) is 0. The van der Waals surface area contributed by atoms with E-state index in [1.165, 1.54) is 0 Å². The third-order valence-corrected chi connectivity index (χ3v) is 6.63. The molecule has 1 aliphatic carbocycles. The first-order valence-electron chi connectivity index (χ1n) is 10.4. The summed E-state index contributed by atoms with van der Waals surface area (Å²) >= 11 is 6.04. The first-order valence-corrected chi connectivity index (χ1v) is 10.8. The second-order valence-electron chi connectivity index (χ2n) is 8.29. The van der Waals surface area contributed by atoms with E-state index in [0.29, 0.717) is 23.1 Å². The molecule has 0 bridgehead atoms. The largest absolute Gasteiger partial charge is 0.493 e. The van der Waals surface area contributed by atoms with Crippen molar-refractivity contribution in [2.75, 3.05) is 19.7 Å². The zero-order valence-corrected chi connectivity index (χ0v) is 17.3. The molecule has 2 aromatic rings. The highest BCUT2D eigenvalue weighted by Gasteiger charge is 2.48. The van der Waals surface area contributed by atoms with Crippen LogP contribution in [0, 0.1) is 5.92 Å². The summed E-state index contributed by atoms with van der Waals surface area (Å²) < 4.78 is 18.6. The molecule has 29 heavy (non-hydrogen) atoms. The smallest absolute Gasteiger partial charge is 0.233 e.